The number of anilines is 1. The molecule has 0 N–H and O–H groups in total. The minimum Gasteiger partial charge on any atom is -0.465 e. The molecule has 0 saturated heterocycles. The van der Waals surface area contributed by atoms with Crippen molar-refractivity contribution in [1.29, 1.82) is 0 Å². The fourth-order valence-corrected chi connectivity index (χ4v) is 3.02. The first-order chi connectivity index (χ1) is 9.58. The lowest BCUT2D eigenvalue weighted by Gasteiger charge is -2.29. The predicted octanol–water partition coefficient (Wildman–Crippen LogP) is 3.80. The molecule has 1 aliphatic rings. The Morgan fingerprint density at radius 2 is 2.05 bits per heavy atom. The molecule has 1 saturated carbocycles. The Labute approximate surface area is 121 Å². The summed E-state index contributed by atoms with van der Waals surface area (Å²) in [5, 5.41) is 0. The Bertz CT molecular complexity index is 516. The summed E-state index contributed by atoms with van der Waals surface area (Å²) >= 11 is 0. The number of nitrogens with zero attached hydrogens (tertiary/aromatic N) is 1. The highest BCUT2D eigenvalue weighted by Gasteiger charge is 2.23. The van der Waals surface area contributed by atoms with Gasteiger partial charge in [0.2, 0.25) is 0 Å². The van der Waals surface area contributed by atoms with Crippen molar-refractivity contribution < 1.29 is 9.53 Å². The van der Waals surface area contributed by atoms with Crippen LogP contribution in [0.15, 0.2) is 18.7 Å². The number of benzene rings is 1. The summed E-state index contributed by atoms with van der Waals surface area (Å²) in [6, 6.07) is 4.52. The summed E-state index contributed by atoms with van der Waals surface area (Å²) in [6.45, 7) is 5.80. The van der Waals surface area contributed by atoms with Gasteiger partial charge in [0.15, 0.2) is 0 Å². The van der Waals surface area contributed by atoms with Crippen molar-refractivity contribution in [3.05, 3.63) is 35.4 Å². The van der Waals surface area contributed by atoms with Crippen LogP contribution in [-0.2, 0) is 4.74 Å². The maximum Gasteiger partial charge on any atom is 0.338 e. The van der Waals surface area contributed by atoms with Crippen molar-refractivity contribution in [2.24, 2.45) is 0 Å². The van der Waals surface area contributed by atoms with E-state index in [0.717, 1.165) is 16.8 Å². The molecule has 0 atom stereocenters. The smallest absolute Gasteiger partial charge is 0.338 e. The highest BCUT2D eigenvalue weighted by atomic mass is 16.5. The molecule has 1 aromatic rings. The van der Waals surface area contributed by atoms with E-state index < -0.39 is 0 Å². The van der Waals surface area contributed by atoms with Gasteiger partial charge in [-0.2, -0.15) is 0 Å². The van der Waals surface area contributed by atoms with Gasteiger partial charge in [-0.3, -0.25) is 0 Å². The number of hydrogen-bond acceptors (Lipinski definition) is 3. The van der Waals surface area contributed by atoms with Gasteiger partial charge >= 0.3 is 5.97 Å². The Morgan fingerprint density at radius 1 is 1.40 bits per heavy atom. The molecule has 0 bridgehead atoms. The third-order valence-corrected chi connectivity index (χ3v) is 4.30. The number of esters is 1. The maximum atomic E-state index is 11.9. The Balaban J connectivity index is 2.45. The number of ether oxygens (including phenoxy) is 1. The molecule has 3 nitrogen and oxygen atoms in total. The first-order valence-corrected chi connectivity index (χ1v) is 7.16. The van der Waals surface area contributed by atoms with Crippen molar-refractivity contribution in [3.63, 3.8) is 0 Å². The van der Waals surface area contributed by atoms with Crippen molar-refractivity contribution in [1.82, 2.24) is 0 Å². The van der Waals surface area contributed by atoms with Gasteiger partial charge < -0.3 is 9.64 Å². The zero-order chi connectivity index (χ0) is 14.7. The summed E-state index contributed by atoms with van der Waals surface area (Å²) in [7, 11) is 3.54. The van der Waals surface area contributed by atoms with Crippen LogP contribution >= 0.6 is 0 Å². The van der Waals surface area contributed by atoms with E-state index in [2.05, 4.69) is 24.6 Å². The molecule has 20 heavy (non-hydrogen) atoms. The average molecular weight is 273 g/mol. The van der Waals surface area contributed by atoms with Crippen LogP contribution in [0.4, 0.5) is 5.69 Å². The van der Waals surface area contributed by atoms with Gasteiger partial charge in [-0.25, -0.2) is 4.79 Å². The molecule has 0 heterocycles. The molecule has 0 amide bonds. The highest BCUT2D eigenvalue weighted by molar-refractivity contribution is 5.93. The molecule has 0 unspecified atom stereocenters. The summed E-state index contributed by atoms with van der Waals surface area (Å²) in [4.78, 5) is 14.2. The van der Waals surface area contributed by atoms with Gasteiger partial charge in [-0.1, -0.05) is 25.5 Å². The minimum absolute atomic E-state index is 0.285. The zero-order valence-electron chi connectivity index (χ0n) is 12.6. The number of methoxy groups -OCH3 is 1. The van der Waals surface area contributed by atoms with Gasteiger partial charge in [0.1, 0.15) is 0 Å². The van der Waals surface area contributed by atoms with Gasteiger partial charge in [0.05, 0.1) is 12.7 Å². The van der Waals surface area contributed by atoms with Crippen LogP contribution in [-0.4, -0.2) is 26.2 Å². The van der Waals surface area contributed by atoms with E-state index in [1.807, 2.05) is 13.0 Å². The van der Waals surface area contributed by atoms with E-state index in [0.29, 0.717) is 11.6 Å². The van der Waals surface area contributed by atoms with E-state index >= 15 is 0 Å². The number of hydrogen-bond donors (Lipinski definition) is 0. The fourth-order valence-electron chi connectivity index (χ4n) is 3.02. The molecule has 1 fully saturated rings. The van der Waals surface area contributed by atoms with Gasteiger partial charge in [0, 0.05) is 18.8 Å². The molecule has 0 aliphatic heterocycles. The van der Waals surface area contributed by atoms with Crippen LogP contribution in [0.25, 0.3) is 6.08 Å². The first kappa shape index (κ1) is 14.6. The Hall–Kier alpha value is -1.77. The fraction of sp³-hybridized carbons (Fsp3) is 0.471. The second-order valence-corrected chi connectivity index (χ2v) is 5.46. The van der Waals surface area contributed by atoms with Gasteiger partial charge in [0.25, 0.3) is 0 Å². The van der Waals surface area contributed by atoms with Crippen molar-refractivity contribution >= 4 is 17.7 Å². The zero-order valence-corrected chi connectivity index (χ0v) is 12.6. The molecule has 0 radical (unpaired) electrons. The average Bonchev–Trinajstić information content (AvgIpc) is 3.00. The van der Waals surface area contributed by atoms with Crippen LogP contribution in [0.3, 0.4) is 0 Å². The lowest BCUT2D eigenvalue weighted by atomic mass is 10.0. The third kappa shape index (κ3) is 2.72. The number of carbonyl (C=O) groups is 1. The lowest BCUT2D eigenvalue weighted by molar-refractivity contribution is 0.0600. The monoisotopic (exact) mass is 273 g/mol. The predicted molar refractivity (Wildman–Crippen MR) is 83.3 cm³/mol. The summed E-state index contributed by atoms with van der Waals surface area (Å²) in [5.41, 5.74) is 3.67. The Kier molecular flexibility index (Phi) is 4.48. The first-order valence-electron chi connectivity index (χ1n) is 7.16. The van der Waals surface area contributed by atoms with Crippen LogP contribution in [0.2, 0.25) is 0 Å². The molecular formula is C17H23NO2. The molecule has 1 aromatic carbocycles. The standard InChI is InChI=1S/C17H23NO2/c1-5-13-10-15(17(19)20-4)12(2)16(11-13)18(3)14-8-6-7-9-14/h5,10-11,14H,1,6-9H2,2-4H3. The van der Waals surface area contributed by atoms with E-state index in [9.17, 15) is 4.79 Å². The van der Waals surface area contributed by atoms with Crippen molar-refractivity contribution in [3.8, 4) is 0 Å². The van der Waals surface area contributed by atoms with Crippen molar-refractivity contribution in [2.75, 3.05) is 19.1 Å². The molecule has 0 aromatic heterocycles. The van der Waals surface area contributed by atoms with Crippen LogP contribution in [0.5, 0.6) is 0 Å². The SMILES string of the molecule is C=Cc1cc(C(=O)OC)c(C)c(N(C)C2CCCC2)c1. The summed E-state index contributed by atoms with van der Waals surface area (Å²) in [6.07, 6.45) is 6.81. The molecule has 108 valence electrons. The normalized spacial score (nSPS) is 15.2. The van der Waals surface area contributed by atoms with Crippen LogP contribution in [0.1, 0.15) is 47.2 Å². The molecular weight excluding hydrogens is 250 g/mol. The van der Waals surface area contributed by atoms with E-state index in [1.54, 1.807) is 6.08 Å². The third-order valence-electron chi connectivity index (χ3n) is 4.30. The minimum atomic E-state index is -0.285. The van der Waals surface area contributed by atoms with E-state index in [4.69, 9.17) is 4.74 Å². The second-order valence-electron chi connectivity index (χ2n) is 5.46. The van der Waals surface area contributed by atoms with Gasteiger partial charge in [-0.15, -0.1) is 0 Å². The second kappa shape index (κ2) is 6.12. The lowest BCUT2D eigenvalue weighted by Crippen LogP contribution is -2.30. The molecule has 3 heteroatoms. The van der Waals surface area contributed by atoms with Crippen molar-refractivity contribution in [2.45, 2.75) is 38.6 Å². The van der Waals surface area contributed by atoms with E-state index in [-0.39, 0.29) is 5.97 Å². The topological polar surface area (TPSA) is 29.5 Å². The maximum absolute atomic E-state index is 11.9. The van der Waals surface area contributed by atoms with Gasteiger partial charge in [-0.05, 0) is 43.0 Å². The summed E-state index contributed by atoms with van der Waals surface area (Å²) in [5.74, 6) is -0.285. The molecule has 1 aliphatic carbocycles. The Morgan fingerprint density at radius 3 is 2.60 bits per heavy atom. The van der Waals surface area contributed by atoms with Crippen LogP contribution in [0, 0.1) is 6.92 Å². The number of carbonyl (C=O) groups excluding carboxylic acids is 1. The largest absolute Gasteiger partial charge is 0.465 e. The number of rotatable bonds is 4. The molecule has 0 spiro atoms. The van der Waals surface area contributed by atoms with E-state index in [1.165, 1.54) is 32.8 Å². The quantitative estimate of drug-likeness (QED) is 0.781. The molecule has 2 rings (SSSR count). The summed E-state index contributed by atoms with van der Waals surface area (Å²) < 4.78 is 4.89. The van der Waals surface area contributed by atoms with Crippen LogP contribution < -0.4 is 4.90 Å². The highest BCUT2D eigenvalue weighted by Crippen LogP contribution is 2.32.